The van der Waals surface area contributed by atoms with Crippen LogP contribution in [0.5, 0.6) is 0 Å². The largest absolute Gasteiger partial charge is 0.481 e. The highest BCUT2D eigenvalue weighted by Gasteiger charge is 2.23. The predicted molar refractivity (Wildman–Crippen MR) is 66.6 cm³/mol. The number of nitrogens with one attached hydrogen (secondary N) is 1. The molecule has 0 rings (SSSR count). The zero-order valence-corrected chi connectivity index (χ0v) is 11.7. The molecule has 1 amide bonds. The number of aliphatic carboxylic acids is 1. The van der Waals surface area contributed by atoms with E-state index >= 15 is 0 Å². The van der Waals surface area contributed by atoms with Crippen molar-refractivity contribution in [1.82, 2.24) is 9.62 Å². The lowest BCUT2D eigenvalue weighted by atomic mass is 10.4. The Morgan fingerprint density at radius 1 is 1.33 bits per heavy atom. The van der Waals surface area contributed by atoms with Crippen LogP contribution in [-0.4, -0.2) is 54.6 Å². The number of sulfonamides is 1. The molecule has 0 aromatic carbocycles. The van der Waals surface area contributed by atoms with Crippen LogP contribution in [0.2, 0.25) is 0 Å². The summed E-state index contributed by atoms with van der Waals surface area (Å²) in [5.41, 5.74) is 0. The molecule has 0 aliphatic carbocycles. The molecule has 0 aliphatic rings. The summed E-state index contributed by atoms with van der Waals surface area (Å²) in [7, 11) is -3.71. The molecule has 2 N–H and O–H groups in total. The van der Waals surface area contributed by atoms with Crippen LogP contribution >= 0.6 is 0 Å². The lowest BCUT2D eigenvalue weighted by Gasteiger charge is -2.20. The summed E-state index contributed by atoms with van der Waals surface area (Å²) >= 11 is 0. The Bertz CT molecular complexity index is 391. The molecule has 0 unspecified atom stereocenters. The Labute approximate surface area is 107 Å². The molecule has 0 bridgehead atoms. The van der Waals surface area contributed by atoms with Crippen molar-refractivity contribution < 1.29 is 23.1 Å². The lowest BCUT2D eigenvalue weighted by Crippen LogP contribution is -2.43. The smallest absolute Gasteiger partial charge is 0.304 e. The van der Waals surface area contributed by atoms with Crippen molar-refractivity contribution in [3.05, 3.63) is 0 Å². The maximum absolute atomic E-state index is 11.8. The first-order chi connectivity index (χ1) is 8.19. The third-order valence-corrected chi connectivity index (χ3v) is 3.98. The first kappa shape index (κ1) is 16.9. The summed E-state index contributed by atoms with van der Waals surface area (Å²) in [6.07, 6.45) is -0.468. The molecule has 7 nitrogen and oxygen atoms in total. The summed E-state index contributed by atoms with van der Waals surface area (Å²) in [4.78, 5) is 21.8. The molecule has 0 atom stereocenters. The van der Waals surface area contributed by atoms with Crippen molar-refractivity contribution in [3.8, 4) is 0 Å². The van der Waals surface area contributed by atoms with E-state index in [1.165, 1.54) is 0 Å². The monoisotopic (exact) mass is 280 g/mol. The average molecular weight is 280 g/mol. The molecule has 106 valence electrons. The highest BCUT2D eigenvalue weighted by molar-refractivity contribution is 7.89. The summed E-state index contributed by atoms with van der Waals surface area (Å²) in [6.45, 7) is 4.99. The lowest BCUT2D eigenvalue weighted by molar-refractivity contribution is -0.136. The molecule has 0 fully saturated rings. The molecule has 8 heteroatoms. The number of carboxylic acid groups (broad SMARTS) is 1. The summed E-state index contributed by atoms with van der Waals surface area (Å²) in [5, 5.41) is 11.1. The normalized spacial score (nSPS) is 11.8. The highest BCUT2D eigenvalue weighted by Crippen LogP contribution is 2.03. The molecule has 0 heterocycles. The van der Waals surface area contributed by atoms with Gasteiger partial charge in [-0.25, -0.2) is 8.42 Å². The quantitative estimate of drug-likeness (QED) is 0.631. The fraction of sp³-hybridized carbons (Fsp3) is 0.800. The molecular formula is C10H20N2O5S. The second-order valence-electron chi connectivity index (χ2n) is 4.11. The molecule has 0 saturated carbocycles. The van der Waals surface area contributed by atoms with Gasteiger partial charge in [-0.3, -0.25) is 9.59 Å². The number of carbonyl (C=O) groups is 2. The van der Waals surface area contributed by atoms with Gasteiger partial charge in [0.1, 0.15) is 0 Å². The summed E-state index contributed by atoms with van der Waals surface area (Å²) < 4.78 is 24.5. The van der Waals surface area contributed by atoms with Gasteiger partial charge < -0.3 is 10.4 Å². The van der Waals surface area contributed by atoms with Gasteiger partial charge in [0.2, 0.25) is 15.9 Å². The topological polar surface area (TPSA) is 104 Å². The van der Waals surface area contributed by atoms with Crippen LogP contribution in [0.15, 0.2) is 0 Å². The van der Waals surface area contributed by atoms with Crippen LogP contribution in [0, 0.1) is 0 Å². The number of hydrogen-bond donors (Lipinski definition) is 2. The van der Waals surface area contributed by atoms with Crippen LogP contribution in [0.4, 0.5) is 0 Å². The van der Waals surface area contributed by atoms with Crippen LogP contribution in [0.3, 0.4) is 0 Å². The maximum Gasteiger partial charge on any atom is 0.304 e. The van der Waals surface area contributed by atoms with Crippen molar-refractivity contribution in [2.75, 3.05) is 18.8 Å². The van der Waals surface area contributed by atoms with Gasteiger partial charge >= 0.3 is 5.97 Å². The molecule has 0 aromatic rings. The van der Waals surface area contributed by atoms with Gasteiger partial charge in [0.25, 0.3) is 0 Å². The van der Waals surface area contributed by atoms with Crippen LogP contribution in [0.25, 0.3) is 0 Å². The number of hydrogen-bond acceptors (Lipinski definition) is 4. The maximum atomic E-state index is 11.8. The summed E-state index contributed by atoms with van der Waals surface area (Å²) in [5.74, 6) is -2.07. The van der Waals surface area contributed by atoms with Crippen molar-refractivity contribution in [2.45, 2.75) is 33.2 Å². The molecule has 0 spiro atoms. The van der Waals surface area contributed by atoms with E-state index in [0.29, 0.717) is 0 Å². The minimum Gasteiger partial charge on any atom is -0.481 e. The number of carbonyl (C=O) groups excluding carboxylic acids is 1. The SMILES string of the molecule is CCN(CC(=O)NC(C)C)S(=O)(=O)CCC(=O)O. The standard InChI is InChI=1S/C10H20N2O5S/c1-4-12(7-9(13)11-8(2)3)18(16,17)6-5-10(14)15/h8H,4-7H2,1-3H3,(H,11,13)(H,14,15). The van der Waals surface area contributed by atoms with E-state index in [-0.39, 0.29) is 19.1 Å². The third kappa shape index (κ3) is 6.55. The zero-order chi connectivity index (χ0) is 14.3. The molecule has 0 radical (unpaired) electrons. The van der Waals surface area contributed by atoms with E-state index in [2.05, 4.69) is 5.32 Å². The van der Waals surface area contributed by atoms with Gasteiger partial charge in [-0.05, 0) is 13.8 Å². The molecule has 0 aromatic heterocycles. The first-order valence-corrected chi connectivity index (χ1v) is 7.29. The van der Waals surface area contributed by atoms with Gasteiger partial charge in [0, 0.05) is 12.6 Å². The Morgan fingerprint density at radius 2 is 1.89 bits per heavy atom. The Morgan fingerprint density at radius 3 is 2.28 bits per heavy atom. The zero-order valence-electron chi connectivity index (χ0n) is 10.8. The second kappa shape index (κ2) is 7.32. The number of nitrogens with zero attached hydrogens (tertiary/aromatic N) is 1. The van der Waals surface area contributed by atoms with Crippen molar-refractivity contribution in [3.63, 3.8) is 0 Å². The van der Waals surface area contributed by atoms with Crippen molar-refractivity contribution >= 4 is 21.9 Å². The molecule has 0 aliphatic heterocycles. The number of amides is 1. The van der Waals surface area contributed by atoms with E-state index in [0.717, 1.165) is 4.31 Å². The fourth-order valence-electron chi connectivity index (χ4n) is 1.28. The molecule has 0 saturated heterocycles. The number of rotatable bonds is 8. The van der Waals surface area contributed by atoms with E-state index in [1.807, 2.05) is 0 Å². The Kier molecular flexibility index (Phi) is 6.85. The van der Waals surface area contributed by atoms with Crippen molar-refractivity contribution in [2.24, 2.45) is 0 Å². The minimum atomic E-state index is -3.71. The van der Waals surface area contributed by atoms with Gasteiger partial charge in [-0.1, -0.05) is 6.92 Å². The summed E-state index contributed by atoms with van der Waals surface area (Å²) in [6, 6.07) is -0.0714. The molecular weight excluding hydrogens is 260 g/mol. The fourth-order valence-corrected chi connectivity index (χ4v) is 2.68. The Balaban J connectivity index is 4.56. The first-order valence-electron chi connectivity index (χ1n) is 5.68. The van der Waals surface area contributed by atoms with Crippen LogP contribution < -0.4 is 5.32 Å². The minimum absolute atomic E-state index is 0.0714. The average Bonchev–Trinajstić information content (AvgIpc) is 2.22. The van der Waals surface area contributed by atoms with Crippen LogP contribution in [0.1, 0.15) is 27.2 Å². The van der Waals surface area contributed by atoms with E-state index in [9.17, 15) is 18.0 Å². The number of carboxylic acids is 1. The number of likely N-dealkylation sites (N-methyl/N-ethyl adjacent to an activating group) is 1. The van der Waals surface area contributed by atoms with Crippen molar-refractivity contribution in [1.29, 1.82) is 0 Å². The van der Waals surface area contributed by atoms with Crippen LogP contribution in [-0.2, 0) is 19.6 Å². The second-order valence-corrected chi connectivity index (χ2v) is 6.20. The highest BCUT2D eigenvalue weighted by atomic mass is 32.2. The van der Waals surface area contributed by atoms with Gasteiger partial charge in [0.15, 0.2) is 0 Å². The van der Waals surface area contributed by atoms with E-state index in [1.54, 1.807) is 20.8 Å². The van der Waals surface area contributed by atoms with E-state index < -0.39 is 34.1 Å². The van der Waals surface area contributed by atoms with Gasteiger partial charge in [-0.2, -0.15) is 4.31 Å². The van der Waals surface area contributed by atoms with E-state index in [4.69, 9.17) is 5.11 Å². The Hall–Kier alpha value is -1.15. The predicted octanol–water partition coefficient (Wildman–Crippen LogP) is -0.363. The van der Waals surface area contributed by atoms with Gasteiger partial charge in [0.05, 0.1) is 18.7 Å². The van der Waals surface area contributed by atoms with Gasteiger partial charge in [-0.15, -0.1) is 0 Å². The molecule has 18 heavy (non-hydrogen) atoms. The third-order valence-electron chi connectivity index (χ3n) is 2.09.